The molecule has 2 aliphatic rings. The van der Waals surface area contributed by atoms with Gasteiger partial charge in [0.15, 0.2) is 5.41 Å². The Labute approximate surface area is 139 Å². The zero-order valence-corrected chi connectivity index (χ0v) is 13.4. The maximum atomic E-state index is 13.2. The van der Waals surface area contributed by atoms with Crippen LogP contribution in [0.3, 0.4) is 0 Å². The summed E-state index contributed by atoms with van der Waals surface area (Å²) in [5.41, 5.74) is -2.15. The van der Waals surface area contributed by atoms with Gasteiger partial charge in [-0.25, -0.2) is 4.79 Å². The highest BCUT2D eigenvalue weighted by atomic mass is 16.5. The lowest BCUT2D eigenvalue weighted by Gasteiger charge is -2.34. The summed E-state index contributed by atoms with van der Waals surface area (Å²) < 4.78 is 5.10. The summed E-state index contributed by atoms with van der Waals surface area (Å²) in [5.74, 6) is -1.12. The smallest absolute Gasteiger partial charge is 0.335 e. The topological polar surface area (TPSA) is 94.2 Å². The lowest BCUT2D eigenvalue weighted by atomic mass is 9.60. The summed E-state index contributed by atoms with van der Waals surface area (Å²) in [6.45, 7) is 1.81. The fourth-order valence-corrected chi connectivity index (χ4v) is 3.75. The summed E-state index contributed by atoms with van der Waals surface area (Å²) in [6, 6.07) is 11.0. The Morgan fingerprint density at radius 2 is 2.00 bits per heavy atom. The monoisotopic (exact) mass is 321 g/mol. The van der Waals surface area contributed by atoms with Gasteiger partial charge in [0.2, 0.25) is 5.91 Å². The Hall–Kier alpha value is -3.12. The minimum Gasteiger partial charge on any atom is -0.463 e. The van der Waals surface area contributed by atoms with Crippen LogP contribution in [0.15, 0.2) is 35.9 Å². The first kappa shape index (κ1) is 15.8. The van der Waals surface area contributed by atoms with Crippen LogP contribution in [0.1, 0.15) is 18.9 Å². The molecule has 6 heteroatoms. The number of nitriles is 2. The molecule has 1 aliphatic heterocycles. The molecule has 1 amide bonds. The van der Waals surface area contributed by atoms with Gasteiger partial charge >= 0.3 is 5.97 Å². The molecule has 120 valence electrons. The highest BCUT2D eigenvalue weighted by Gasteiger charge is 2.69. The molecule has 1 heterocycles. The van der Waals surface area contributed by atoms with Crippen molar-refractivity contribution in [3.05, 3.63) is 41.5 Å². The molecule has 0 N–H and O–H groups in total. The maximum absolute atomic E-state index is 13.2. The number of anilines is 1. The third kappa shape index (κ3) is 1.58. The van der Waals surface area contributed by atoms with E-state index >= 15 is 0 Å². The molecule has 3 rings (SSSR count). The van der Waals surface area contributed by atoms with Crippen LogP contribution in [-0.2, 0) is 19.7 Å². The molecular weight excluding hydrogens is 306 g/mol. The lowest BCUT2D eigenvalue weighted by molar-refractivity contribution is -0.141. The fourth-order valence-electron chi connectivity index (χ4n) is 3.75. The minimum absolute atomic E-state index is 0.00205. The molecule has 0 radical (unpaired) electrons. The summed E-state index contributed by atoms with van der Waals surface area (Å²) in [6.07, 6.45) is 1.50. The highest BCUT2D eigenvalue weighted by Crippen LogP contribution is 2.60. The number of carbonyl (C=O) groups excluding carboxylic acids is 2. The molecule has 1 spiro atoms. The van der Waals surface area contributed by atoms with E-state index in [9.17, 15) is 20.1 Å². The van der Waals surface area contributed by atoms with E-state index in [2.05, 4.69) is 0 Å². The van der Waals surface area contributed by atoms with Gasteiger partial charge in [0.25, 0.3) is 0 Å². The van der Waals surface area contributed by atoms with Crippen LogP contribution in [0.25, 0.3) is 0 Å². The first-order chi connectivity index (χ1) is 11.5. The fraction of sp³-hybridized carbons (Fsp3) is 0.333. The molecule has 1 aliphatic carbocycles. The van der Waals surface area contributed by atoms with E-state index in [1.54, 1.807) is 38.2 Å². The Balaban J connectivity index is 2.36. The highest BCUT2D eigenvalue weighted by molar-refractivity contribution is 6.17. The first-order valence-electron chi connectivity index (χ1n) is 7.58. The van der Waals surface area contributed by atoms with Gasteiger partial charge < -0.3 is 9.64 Å². The van der Waals surface area contributed by atoms with E-state index in [-0.39, 0.29) is 18.6 Å². The Kier molecular flexibility index (Phi) is 3.42. The Bertz CT molecular complexity index is 845. The van der Waals surface area contributed by atoms with Crippen LogP contribution in [0.2, 0.25) is 0 Å². The third-order valence-electron chi connectivity index (χ3n) is 4.83. The standard InChI is InChI=1S/C18H15N3O3/c1-3-24-15(22)13-8-9-17(10-19,11-20)18(13)12-6-4-5-7-14(12)21(2)16(18)23/h4-8H,3,9H2,1-2H3. The zero-order chi connectivity index (χ0) is 17.5. The second-order valence-corrected chi connectivity index (χ2v) is 5.80. The molecule has 1 aromatic carbocycles. The summed E-state index contributed by atoms with van der Waals surface area (Å²) in [4.78, 5) is 27.1. The summed E-state index contributed by atoms with van der Waals surface area (Å²) in [7, 11) is 1.58. The maximum Gasteiger partial charge on any atom is 0.335 e. The second kappa shape index (κ2) is 5.21. The van der Waals surface area contributed by atoms with Crippen LogP contribution in [0.4, 0.5) is 5.69 Å². The van der Waals surface area contributed by atoms with Crippen molar-refractivity contribution in [3.63, 3.8) is 0 Å². The summed E-state index contributed by atoms with van der Waals surface area (Å²) >= 11 is 0. The van der Waals surface area contributed by atoms with E-state index in [0.717, 1.165) is 0 Å². The Morgan fingerprint density at radius 3 is 2.62 bits per heavy atom. The number of hydrogen-bond donors (Lipinski definition) is 0. The largest absolute Gasteiger partial charge is 0.463 e. The molecule has 0 saturated carbocycles. The van der Waals surface area contributed by atoms with E-state index in [1.807, 2.05) is 12.1 Å². The number of para-hydroxylation sites is 1. The molecule has 0 aromatic heterocycles. The average molecular weight is 321 g/mol. The number of nitrogens with zero attached hydrogens (tertiary/aromatic N) is 3. The third-order valence-corrected chi connectivity index (χ3v) is 4.83. The molecule has 1 aromatic rings. The second-order valence-electron chi connectivity index (χ2n) is 5.80. The van der Waals surface area contributed by atoms with Crippen molar-refractivity contribution in [2.24, 2.45) is 5.41 Å². The van der Waals surface area contributed by atoms with Gasteiger partial charge in [0.05, 0.1) is 24.3 Å². The van der Waals surface area contributed by atoms with Crippen LogP contribution in [0, 0.1) is 28.1 Å². The molecule has 6 nitrogen and oxygen atoms in total. The van der Waals surface area contributed by atoms with Gasteiger partial charge in [-0.15, -0.1) is 0 Å². The van der Waals surface area contributed by atoms with Gasteiger partial charge in [0, 0.05) is 12.7 Å². The molecule has 0 bridgehead atoms. The minimum atomic E-state index is -1.67. The van der Waals surface area contributed by atoms with Crippen molar-refractivity contribution < 1.29 is 14.3 Å². The summed E-state index contributed by atoms with van der Waals surface area (Å²) in [5, 5.41) is 19.5. The number of amides is 1. The predicted molar refractivity (Wildman–Crippen MR) is 84.5 cm³/mol. The van der Waals surface area contributed by atoms with Gasteiger partial charge in [-0.3, -0.25) is 4.79 Å². The van der Waals surface area contributed by atoms with Crippen molar-refractivity contribution >= 4 is 17.6 Å². The number of ether oxygens (including phenoxy) is 1. The molecule has 1 atom stereocenters. The van der Waals surface area contributed by atoms with Crippen molar-refractivity contribution in [1.82, 2.24) is 0 Å². The van der Waals surface area contributed by atoms with E-state index in [0.29, 0.717) is 11.3 Å². The van der Waals surface area contributed by atoms with Gasteiger partial charge in [-0.2, -0.15) is 10.5 Å². The van der Waals surface area contributed by atoms with Crippen molar-refractivity contribution in [1.29, 1.82) is 10.5 Å². The number of fused-ring (bicyclic) bond motifs is 2. The zero-order valence-electron chi connectivity index (χ0n) is 13.4. The molecule has 0 fully saturated rings. The van der Waals surface area contributed by atoms with E-state index in [4.69, 9.17) is 4.74 Å². The van der Waals surface area contributed by atoms with E-state index in [1.165, 1.54) is 11.0 Å². The van der Waals surface area contributed by atoms with Crippen molar-refractivity contribution in [2.45, 2.75) is 18.8 Å². The lowest BCUT2D eigenvalue weighted by Crippen LogP contribution is -2.51. The number of likely N-dealkylation sites (N-methyl/N-ethyl adjacent to an activating group) is 1. The van der Waals surface area contributed by atoms with Gasteiger partial charge in [-0.05, 0) is 25.0 Å². The van der Waals surface area contributed by atoms with Gasteiger partial charge in [-0.1, -0.05) is 24.3 Å². The normalized spacial score (nSPS) is 23.4. The van der Waals surface area contributed by atoms with E-state index < -0.39 is 22.7 Å². The first-order valence-corrected chi connectivity index (χ1v) is 7.58. The van der Waals surface area contributed by atoms with Crippen LogP contribution in [0.5, 0.6) is 0 Å². The van der Waals surface area contributed by atoms with Crippen LogP contribution < -0.4 is 4.90 Å². The van der Waals surface area contributed by atoms with Crippen LogP contribution >= 0.6 is 0 Å². The molecule has 24 heavy (non-hydrogen) atoms. The number of allylic oxidation sites excluding steroid dienone is 1. The molecular formula is C18H15N3O3. The predicted octanol–water partition coefficient (Wildman–Crippen LogP) is 1.83. The van der Waals surface area contributed by atoms with Crippen LogP contribution in [-0.4, -0.2) is 25.5 Å². The average Bonchev–Trinajstić information content (AvgIpc) is 3.06. The molecule has 1 unspecified atom stereocenters. The number of hydrogen-bond acceptors (Lipinski definition) is 5. The number of esters is 1. The van der Waals surface area contributed by atoms with Gasteiger partial charge in [0.1, 0.15) is 5.41 Å². The molecule has 0 saturated heterocycles. The van der Waals surface area contributed by atoms with Crippen molar-refractivity contribution in [3.8, 4) is 12.1 Å². The number of rotatable bonds is 2. The van der Waals surface area contributed by atoms with Crippen molar-refractivity contribution in [2.75, 3.05) is 18.6 Å². The number of carbonyl (C=O) groups is 2. The SMILES string of the molecule is CCOC(=O)C1=CCC(C#N)(C#N)C12C(=O)N(C)c1ccccc12. The number of benzene rings is 1. The quantitative estimate of drug-likeness (QED) is 0.775. The Morgan fingerprint density at radius 1 is 1.33 bits per heavy atom.